The summed E-state index contributed by atoms with van der Waals surface area (Å²) in [4.78, 5) is 13.6. The van der Waals surface area contributed by atoms with Gasteiger partial charge in [-0.05, 0) is 37.5 Å². The highest BCUT2D eigenvalue weighted by Crippen LogP contribution is 2.32. The number of ether oxygens (including phenoxy) is 1. The van der Waals surface area contributed by atoms with Crippen LogP contribution in [-0.4, -0.2) is 36.9 Å². The maximum absolute atomic E-state index is 11.6. The minimum Gasteiger partial charge on any atom is -0.467 e. The van der Waals surface area contributed by atoms with Crippen molar-refractivity contribution in [3.63, 3.8) is 0 Å². The lowest BCUT2D eigenvalue weighted by molar-refractivity contribution is -0.159. The van der Waals surface area contributed by atoms with Crippen molar-refractivity contribution in [3.8, 4) is 0 Å². The largest absolute Gasteiger partial charge is 0.467 e. The summed E-state index contributed by atoms with van der Waals surface area (Å²) >= 11 is 0. The van der Waals surface area contributed by atoms with Gasteiger partial charge in [0.05, 0.1) is 13.7 Å². The number of fused-ring (bicyclic) bond motifs is 1. The number of nitrogen functional groups attached to an aromatic ring is 1. The standard InChI is InChI=1S/C14H20N2O3/c1-14(18,13(17)19-2)9-16-8-4-5-10-11(15)6-3-7-12(10)16/h3,6-7,18H,4-5,8-9,15H2,1-2H3. The Morgan fingerprint density at radius 3 is 3.00 bits per heavy atom. The summed E-state index contributed by atoms with van der Waals surface area (Å²) in [7, 11) is 1.28. The van der Waals surface area contributed by atoms with Crippen molar-refractivity contribution in [3.05, 3.63) is 23.8 Å². The molecule has 0 radical (unpaired) electrons. The molecule has 0 bridgehead atoms. The van der Waals surface area contributed by atoms with Gasteiger partial charge in [-0.25, -0.2) is 4.79 Å². The van der Waals surface area contributed by atoms with Gasteiger partial charge in [-0.2, -0.15) is 0 Å². The van der Waals surface area contributed by atoms with Crippen molar-refractivity contribution in [2.45, 2.75) is 25.4 Å². The Balaban J connectivity index is 2.25. The molecule has 1 unspecified atom stereocenters. The maximum atomic E-state index is 11.6. The third kappa shape index (κ3) is 2.66. The van der Waals surface area contributed by atoms with E-state index in [0.29, 0.717) is 0 Å². The van der Waals surface area contributed by atoms with Crippen molar-refractivity contribution in [1.82, 2.24) is 0 Å². The molecular formula is C14H20N2O3. The number of aliphatic hydroxyl groups is 1. The fourth-order valence-electron chi connectivity index (χ4n) is 2.55. The molecule has 0 saturated heterocycles. The molecule has 0 spiro atoms. The van der Waals surface area contributed by atoms with Crippen molar-refractivity contribution in [2.75, 3.05) is 30.8 Å². The number of carbonyl (C=O) groups is 1. The van der Waals surface area contributed by atoms with Gasteiger partial charge in [-0.1, -0.05) is 6.07 Å². The van der Waals surface area contributed by atoms with Crippen LogP contribution < -0.4 is 10.6 Å². The van der Waals surface area contributed by atoms with Crippen LogP contribution in [0.1, 0.15) is 18.9 Å². The molecule has 0 amide bonds. The number of methoxy groups -OCH3 is 1. The first-order valence-corrected chi connectivity index (χ1v) is 6.39. The molecule has 1 aromatic carbocycles. The molecule has 19 heavy (non-hydrogen) atoms. The lowest BCUT2D eigenvalue weighted by Gasteiger charge is -2.36. The van der Waals surface area contributed by atoms with Gasteiger partial charge in [0.1, 0.15) is 0 Å². The summed E-state index contributed by atoms with van der Waals surface area (Å²) in [6, 6.07) is 5.73. The first-order valence-electron chi connectivity index (χ1n) is 6.39. The number of nitrogens with two attached hydrogens (primary N) is 1. The summed E-state index contributed by atoms with van der Waals surface area (Å²) in [6.45, 7) is 2.47. The van der Waals surface area contributed by atoms with Crippen LogP contribution in [0, 0.1) is 0 Å². The summed E-state index contributed by atoms with van der Waals surface area (Å²) in [5, 5.41) is 10.2. The second-order valence-corrected chi connectivity index (χ2v) is 5.14. The van der Waals surface area contributed by atoms with Crippen molar-refractivity contribution in [2.24, 2.45) is 0 Å². The van der Waals surface area contributed by atoms with E-state index in [1.165, 1.54) is 14.0 Å². The number of anilines is 2. The molecule has 0 aliphatic carbocycles. The molecule has 1 aliphatic rings. The zero-order valence-electron chi connectivity index (χ0n) is 11.3. The van der Waals surface area contributed by atoms with Crippen LogP contribution in [0.2, 0.25) is 0 Å². The number of β-amino-alcohol motifs (C(OH)–C–C–N with tert-alkyl or cyclic N) is 1. The fourth-order valence-corrected chi connectivity index (χ4v) is 2.55. The van der Waals surface area contributed by atoms with Crippen molar-refractivity contribution >= 4 is 17.3 Å². The van der Waals surface area contributed by atoms with Gasteiger partial charge in [-0.15, -0.1) is 0 Å². The SMILES string of the molecule is COC(=O)C(C)(O)CN1CCCc2c(N)cccc21. The molecule has 104 valence electrons. The molecule has 1 heterocycles. The number of hydrogen-bond acceptors (Lipinski definition) is 5. The van der Waals surface area contributed by atoms with Crippen molar-refractivity contribution < 1.29 is 14.6 Å². The first kappa shape index (κ1) is 13.7. The molecule has 3 N–H and O–H groups in total. The first-order chi connectivity index (χ1) is 8.95. The van der Waals surface area contributed by atoms with E-state index in [9.17, 15) is 9.90 Å². The summed E-state index contributed by atoms with van der Waals surface area (Å²) in [6.07, 6.45) is 1.89. The highest BCUT2D eigenvalue weighted by atomic mass is 16.5. The zero-order chi connectivity index (χ0) is 14.0. The lowest BCUT2D eigenvalue weighted by Crippen LogP contribution is -2.49. The van der Waals surface area contributed by atoms with E-state index in [1.807, 2.05) is 23.1 Å². The van der Waals surface area contributed by atoms with Gasteiger partial charge < -0.3 is 20.5 Å². The van der Waals surface area contributed by atoms with E-state index >= 15 is 0 Å². The summed E-state index contributed by atoms with van der Waals surface area (Å²) < 4.78 is 4.63. The second-order valence-electron chi connectivity index (χ2n) is 5.14. The molecule has 1 aliphatic heterocycles. The molecule has 0 saturated carbocycles. The van der Waals surface area contributed by atoms with Gasteiger partial charge in [0, 0.05) is 17.9 Å². The van der Waals surface area contributed by atoms with Gasteiger partial charge in [-0.3, -0.25) is 0 Å². The van der Waals surface area contributed by atoms with Gasteiger partial charge in [0.25, 0.3) is 0 Å². The van der Waals surface area contributed by atoms with Crippen LogP contribution in [0.25, 0.3) is 0 Å². The zero-order valence-corrected chi connectivity index (χ0v) is 11.3. The van der Waals surface area contributed by atoms with E-state index in [1.54, 1.807) is 0 Å². The van der Waals surface area contributed by atoms with E-state index in [0.717, 1.165) is 36.3 Å². The Bertz CT molecular complexity index is 486. The number of rotatable bonds is 3. The minimum absolute atomic E-state index is 0.204. The number of esters is 1. The Labute approximate surface area is 113 Å². The molecule has 5 nitrogen and oxygen atoms in total. The third-order valence-corrected chi connectivity index (χ3v) is 3.51. The van der Waals surface area contributed by atoms with Crippen LogP contribution in [0.15, 0.2) is 18.2 Å². The van der Waals surface area contributed by atoms with Crippen LogP contribution in [-0.2, 0) is 16.0 Å². The monoisotopic (exact) mass is 264 g/mol. The summed E-state index contributed by atoms with van der Waals surface area (Å²) in [5.74, 6) is -0.622. The average Bonchev–Trinajstić information content (AvgIpc) is 2.38. The Morgan fingerprint density at radius 1 is 1.58 bits per heavy atom. The molecule has 1 atom stereocenters. The third-order valence-electron chi connectivity index (χ3n) is 3.51. The average molecular weight is 264 g/mol. The van der Waals surface area contributed by atoms with E-state index in [-0.39, 0.29) is 6.54 Å². The Morgan fingerprint density at radius 2 is 2.32 bits per heavy atom. The highest BCUT2D eigenvalue weighted by Gasteiger charge is 2.35. The smallest absolute Gasteiger partial charge is 0.339 e. The van der Waals surface area contributed by atoms with E-state index in [2.05, 4.69) is 4.74 Å². The number of nitrogens with zero attached hydrogens (tertiary/aromatic N) is 1. The van der Waals surface area contributed by atoms with Gasteiger partial charge in [0.2, 0.25) is 0 Å². The van der Waals surface area contributed by atoms with Crippen LogP contribution in [0.3, 0.4) is 0 Å². The Hall–Kier alpha value is -1.75. The molecular weight excluding hydrogens is 244 g/mol. The maximum Gasteiger partial charge on any atom is 0.339 e. The van der Waals surface area contributed by atoms with Crippen molar-refractivity contribution in [1.29, 1.82) is 0 Å². The van der Waals surface area contributed by atoms with Crippen LogP contribution in [0.5, 0.6) is 0 Å². The number of benzene rings is 1. The second kappa shape index (κ2) is 5.09. The van der Waals surface area contributed by atoms with Crippen LogP contribution in [0.4, 0.5) is 11.4 Å². The van der Waals surface area contributed by atoms with E-state index < -0.39 is 11.6 Å². The number of carbonyl (C=O) groups excluding carboxylic acids is 1. The molecule has 1 aromatic rings. The lowest BCUT2D eigenvalue weighted by atomic mass is 9.97. The molecule has 2 rings (SSSR count). The molecule has 0 fully saturated rings. The minimum atomic E-state index is -1.52. The predicted molar refractivity (Wildman–Crippen MR) is 74.0 cm³/mol. The topological polar surface area (TPSA) is 75.8 Å². The van der Waals surface area contributed by atoms with Gasteiger partial charge >= 0.3 is 5.97 Å². The molecule has 5 heteroatoms. The molecule has 0 aromatic heterocycles. The Kier molecular flexibility index (Phi) is 3.66. The highest BCUT2D eigenvalue weighted by molar-refractivity contribution is 5.80. The van der Waals surface area contributed by atoms with E-state index in [4.69, 9.17) is 5.73 Å². The van der Waals surface area contributed by atoms with Crippen LogP contribution >= 0.6 is 0 Å². The number of hydrogen-bond donors (Lipinski definition) is 2. The fraction of sp³-hybridized carbons (Fsp3) is 0.500. The normalized spacial score (nSPS) is 17.5. The quantitative estimate of drug-likeness (QED) is 0.628. The summed E-state index contributed by atoms with van der Waals surface area (Å²) in [5.41, 5.74) is 7.30. The predicted octanol–water partition coefficient (Wildman–Crippen LogP) is 0.945. The van der Waals surface area contributed by atoms with Gasteiger partial charge in [0.15, 0.2) is 5.60 Å².